The van der Waals surface area contributed by atoms with Crippen LogP contribution >= 0.6 is 0 Å². The highest BCUT2D eigenvalue weighted by molar-refractivity contribution is 5.81. The number of esters is 1. The summed E-state index contributed by atoms with van der Waals surface area (Å²) in [5.41, 5.74) is -0.175. The fourth-order valence-corrected chi connectivity index (χ4v) is 0.752. The van der Waals surface area contributed by atoms with E-state index >= 15 is 0 Å². The van der Waals surface area contributed by atoms with Crippen LogP contribution in [-0.4, -0.2) is 24.8 Å². The number of ether oxygens (including phenoxy) is 2. The summed E-state index contributed by atoms with van der Waals surface area (Å²) in [5.74, 6) is -0.302. The van der Waals surface area contributed by atoms with Crippen LogP contribution in [-0.2, 0) is 14.3 Å². The van der Waals surface area contributed by atoms with Gasteiger partial charge in [0, 0.05) is 6.08 Å². The molecule has 0 aromatic rings. The molecule has 14 heavy (non-hydrogen) atoms. The van der Waals surface area contributed by atoms with Gasteiger partial charge in [0.05, 0.1) is 12.2 Å². The minimum atomic E-state index is -0.302. The Balaban J connectivity index is 3.46. The summed E-state index contributed by atoms with van der Waals surface area (Å²) in [6, 6.07) is 0. The number of hydrogen-bond acceptors (Lipinski definition) is 3. The van der Waals surface area contributed by atoms with Crippen LogP contribution in [0, 0.1) is 0 Å². The van der Waals surface area contributed by atoms with Gasteiger partial charge < -0.3 is 9.47 Å². The molecule has 0 radical (unpaired) electrons. The van der Waals surface area contributed by atoms with Gasteiger partial charge in [0.2, 0.25) is 0 Å². The summed E-state index contributed by atoms with van der Waals surface area (Å²) in [4.78, 5) is 11.0. The van der Waals surface area contributed by atoms with Crippen LogP contribution in [0.15, 0.2) is 12.2 Å². The van der Waals surface area contributed by atoms with Gasteiger partial charge in [-0.3, -0.25) is 0 Å². The standard InChI is InChI=1S/C11H20O3/c1-5-6-7-10(12)13-8-9-14-11(2,3)4/h6-7H,5,8-9H2,1-4H3. The maximum absolute atomic E-state index is 11.0. The van der Waals surface area contributed by atoms with Crippen molar-refractivity contribution in [2.45, 2.75) is 39.7 Å². The fraction of sp³-hybridized carbons (Fsp3) is 0.727. The smallest absolute Gasteiger partial charge is 0.330 e. The molecular weight excluding hydrogens is 180 g/mol. The van der Waals surface area contributed by atoms with E-state index in [1.807, 2.05) is 27.7 Å². The van der Waals surface area contributed by atoms with Crippen LogP contribution in [0.1, 0.15) is 34.1 Å². The Labute approximate surface area is 86.1 Å². The fourth-order valence-electron chi connectivity index (χ4n) is 0.752. The quantitative estimate of drug-likeness (QED) is 0.388. The normalized spacial score (nSPS) is 12.0. The lowest BCUT2D eigenvalue weighted by Gasteiger charge is -2.18. The minimum Gasteiger partial charge on any atom is -0.460 e. The molecule has 0 atom stereocenters. The van der Waals surface area contributed by atoms with Crippen molar-refractivity contribution in [2.24, 2.45) is 0 Å². The van der Waals surface area contributed by atoms with Crippen molar-refractivity contribution < 1.29 is 14.3 Å². The summed E-state index contributed by atoms with van der Waals surface area (Å²) < 4.78 is 10.3. The van der Waals surface area contributed by atoms with Crippen LogP contribution in [0.2, 0.25) is 0 Å². The largest absolute Gasteiger partial charge is 0.460 e. The molecule has 0 aliphatic carbocycles. The predicted octanol–water partition coefficient (Wildman–Crippen LogP) is 2.31. The van der Waals surface area contributed by atoms with Crippen molar-refractivity contribution in [3.05, 3.63) is 12.2 Å². The topological polar surface area (TPSA) is 35.5 Å². The van der Waals surface area contributed by atoms with Gasteiger partial charge in [-0.05, 0) is 27.2 Å². The Morgan fingerprint density at radius 3 is 2.43 bits per heavy atom. The first kappa shape index (κ1) is 13.2. The van der Waals surface area contributed by atoms with E-state index in [9.17, 15) is 4.79 Å². The molecule has 0 saturated carbocycles. The molecule has 0 amide bonds. The third-order valence-electron chi connectivity index (χ3n) is 1.35. The van der Waals surface area contributed by atoms with E-state index < -0.39 is 0 Å². The third-order valence-corrected chi connectivity index (χ3v) is 1.35. The zero-order valence-electron chi connectivity index (χ0n) is 9.50. The summed E-state index contributed by atoms with van der Waals surface area (Å²) in [7, 11) is 0. The van der Waals surface area contributed by atoms with Gasteiger partial charge in [-0.25, -0.2) is 4.79 Å². The molecule has 0 aromatic carbocycles. The molecule has 82 valence electrons. The highest BCUT2D eigenvalue weighted by Crippen LogP contribution is 2.05. The van der Waals surface area contributed by atoms with E-state index in [0.29, 0.717) is 13.2 Å². The van der Waals surface area contributed by atoms with Crippen LogP contribution in [0.25, 0.3) is 0 Å². The zero-order valence-corrected chi connectivity index (χ0v) is 9.50. The van der Waals surface area contributed by atoms with Gasteiger partial charge in [-0.1, -0.05) is 13.0 Å². The van der Waals surface area contributed by atoms with Gasteiger partial charge in [-0.2, -0.15) is 0 Å². The molecule has 0 aliphatic rings. The van der Waals surface area contributed by atoms with Crippen LogP contribution in [0.5, 0.6) is 0 Å². The summed E-state index contributed by atoms with van der Waals surface area (Å²) in [6.45, 7) is 8.61. The molecule has 3 nitrogen and oxygen atoms in total. The first-order chi connectivity index (χ1) is 6.45. The first-order valence-corrected chi connectivity index (χ1v) is 4.93. The molecule has 0 aromatic heterocycles. The van der Waals surface area contributed by atoms with Gasteiger partial charge in [0.15, 0.2) is 0 Å². The van der Waals surface area contributed by atoms with Crippen molar-refractivity contribution >= 4 is 5.97 Å². The third kappa shape index (κ3) is 9.26. The number of hydrogen-bond donors (Lipinski definition) is 0. The molecule has 0 unspecified atom stereocenters. The van der Waals surface area contributed by atoms with Crippen molar-refractivity contribution in [3.8, 4) is 0 Å². The van der Waals surface area contributed by atoms with Gasteiger partial charge in [-0.15, -0.1) is 0 Å². The number of carbonyl (C=O) groups excluding carboxylic acids is 1. The average molecular weight is 200 g/mol. The highest BCUT2D eigenvalue weighted by atomic mass is 16.6. The Hall–Kier alpha value is -0.830. The number of rotatable bonds is 5. The van der Waals surface area contributed by atoms with Gasteiger partial charge >= 0.3 is 5.97 Å². The molecule has 0 bridgehead atoms. The Bertz CT molecular complexity index is 189. The Morgan fingerprint density at radius 1 is 1.29 bits per heavy atom. The second kappa shape index (κ2) is 6.60. The SMILES string of the molecule is CCC=CC(=O)OCCOC(C)(C)C. The van der Waals surface area contributed by atoms with E-state index in [0.717, 1.165) is 6.42 Å². The molecule has 3 heteroatoms. The number of allylic oxidation sites excluding steroid dienone is 1. The van der Waals surface area contributed by atoms with Crippen molar-refractivity contribution in [2.75, 3.05) is 13.2 Å². The van der Waals surface area contributed by atoms with Crippen LogP contribution in [0.3, 0.4) is 0 Å². The summed E-state index contributed by atoms with van der Waals surface area (Å²) >= 11 is 0. The molecule has 0 saturated heterocycles. The highest BCUT2D eigenvalue weighted by Gasteiger charge is 2.09. The molecule has 0 fully saturated rings. The molecule has 0 rings (SSSR count). The Kier molecular flexibility index (Phi) is 6.21. The van der Waals surface area contributed by atoms with Crippen LogP contribution in [0.4, 0.5) is 0 Å². The summed E-state index contributed by atoms with van der Waals surface area (Å²) in [6.07, 6.45) is 4.05. The molecule has 0 spiro atoms. The summed E-state index contributed by atoms with van der Waals surface area (Å²) in [5, 5.41) is 0. The molecule has 0 aliphatic heterocycles. The van der Waals surface area contributed by atoms with Gasteiger partial charge in [0.1, 0.15) is 6.61 Å². The van der Waals surface area contributed by atoms with E-state index in [1.54, 1.807) is 6.08 Å². The first-order valence-electron chi connectivity index (χ1n) is 4.93. The maximum Gasteiger partial charge on any atom is 0.330 e. The second-order valence-electron chi connectivity index (χ2n) is 3.94. The average Bonchev–Trinajstić information content (AvgIpc) is 2.07. The van der Waals surface area contributed by atoms with Crippen molar-refractivity contribution in [1.29, 1.82) is 0 Å². The molecule has 0 N–H and O–H groups in total. The van der Waals surface area contributed by atoms with E-state index in [1.165, 1.54) is 6.08 Å². The van der Waals surface area contributed by atoms with Crippen molar-refractivity contribution in [1.82, 2.24) is 0 Å². The van der Waals surface area contributed by atoms with Gasteiger partial charge in [0.25, 0.3) is 0 Å². The van der Waals surface area contributed by atoms with Crippen molar-refractivity contribution in [3.63, 3.8) is 0 Å². The maximum atomic E-state index is 11.0. The zero-order chi connectivity index (χ0) is 11.0. The van der Waals surface area contributed by atoms with E-state index in [2.05, 4.69) is 0 Å². The Morgan fingerprint density at radius 2 is 1.93 bits per heavy atom. The van der Waals surface area contributed by atoms with E-state index in [-0.39, 0.29) is 11.6 Å². The van der Waals surface area contributed by atoms with Crippen LogP contribution < -0.4 is 0 Å². The van der Waals surface area contributed by atoms with E-state index in [4.69, 9.17) is 9.47 Å². The lowest BCUT2D eigenvalue weighted by atomic mass is 10.2. The minimum absolute atomic E-state index is 0.175. The predicted molar refractivity (Wildman–Crippen MR) is 56.1 cm³/mol. The number of carbonyl (C=O) groups is 1. The second-order valence-corrected chi connectivity index (χ2v) is 3.94. The monoisotopic (exact) mass is 200 g/mol. The molecule has 0 heterocycles. The lowest BCUT2D eigenvalue weighted by molar-refractivity contribution is -0.141. The molecular formula is C11H20O3. The lowest BCUT2D eigenvalue weighted by Crippen LogP contribution is -2.22.